The third kappa shape index (κ3) is 3.79. The molecule has 0 amide bonds. The minimum Gasteiger partial charge on any atom is -0.488 e. The molecule has 1 aliphatic carbocycles. The first-order valence-corrected chi connectivity index (χ1v) is 7.10. The maximum absolute atomic E-state index is 13.6. The van der Waals surface area contributed by atoms with E-state index >= 15 is 0 Å². The Hall–Kier alpha value is -1.94. The van der Waals surface area contributed by atoms with Gasteiger partial charge in [-0.25, -0.2) is 8.78 Å². The van der Waals surface area contributed by atoms with Gasteiger partial charge in [0, 0.05) is 23.7 Å². The number of hydrogen-bond acceptors (Lipinski definition) is 2. The SMILES string of the molecule is Fc1ccc(F)c(COc2ccccc2CNC2CC2)c1. The molecule has 0 saturated heterocycles. The van der Waals surface area contributed by atoms with Crippen molar-refractivity contribution in [2.24, 2.45) is 0 Å². The van der Waals surface area contributed by atoms with Crippen LogP contribution in [0.25, 0.3) is 0 Å². The first kappa shape index (κ1) is 14.0. The number of hydrogen-bond donors (Lipinski definition) is 1. The number of rotatable bonds is 6. The lowest BCUT2D eigenvalue weighted by atomic mass is 10.2. The number of para-hydroxylation sites is 1. The lowest BCUT2D eigenvalue weighted by Gasteiger charge is -2.12. The van der Waals surface area contributed by atoms with Crippen LogP contribution in [0.3, 0.4) is 0 Å². The maximum atomic E-state index is 13.6. The van der Waals surface area contributed by atoms with Gasteiger partial charge in [-0.15, -0.1) is 0 Å². The van der Waals surface area contributed by atoms with E-state index in [9.17, 15) is 8.78 Å². The van der Waals surface area contributed by atoms with Crippen LogP contribution in [-0.2, 0) is 13.2 Å². The Morgan fingerprint density at radius 3 is 2.67 bits per heavy atom. The van der Waals surface area contributed by atoms with Crippen molar-refractivity contribution < 1.29 is 13.5 Å². The van der Waals surface area contributed by atoms with Crippen molar-refractivity contribution in [3.8, 4) is 5.75 Å². The molecule has 1 N–H and O–H groups in total. The second-order valence-corrected chi connectivity index (χ2v) is 5.29. The van der Waals surface area contributed by atoms with Crippen molar-refractivity contribution in [3.05, 3.63) is 65.2 Å². The number of nitrogens with one attached hydrogen (secondary N) is 1. The molecule has 0 unspecified atom stereocenters. The molecular formula is C17H17F2NO. The van der Waals surface area contributed by atoms with Crippen LogP contribution in [0.1, 0.15) is 24.0 Å². The molecule has 2 aromatic carbocycles. The minimum atomic E-state index is -0.460. The average molecular weight is 289 g/mol. The monoisotopic (exact) mass is 289 g/mol. The molecular weight excluding hydrogens is 272 g/mol. The van der Waals surface area contributed by atoms with E-state index in [0.29, 0.717) is 11.8 Å². The Bertz CT molecular complexity index is 626. The molecule has 3 rings (SSSR count). The van der Waals surface area contributed by atoms with Crippen LogP contribution in [0.15, 0.2) is 42.5 Å². The van der Waals surface area contributed by atoms with Crippen LogP contribution in [0, 0.1) is 11.6 Å². The molecule has 0 atom stereocenters. The van der Waals surface area contributed by atoms with Gasteiger partial charge in [0.05, 0.1) is 0 Å². The summed E-state index contributed by atoms with van der Waals surface area (Å²) in [6.07, 6.45) is 2.44. The van der Waals surface area contributed by atoms with E-state index in [0.717, 1.165) is 24.2 Å². The van der Waals surface area contributed by atoms with E-state index in [4.69, 9.17) is 4.74 Å². The van der Waals surface area contributed by atoms with Crippen LogP contribution in [0.5, 0.6) is 5.75 Å². The Balaban J connectivity index is 1.67. The molecule has 1 fully saturated rings. The minimum absolute atomic E-state index is 0.0179. The molecule has 0 bridgehead atoms. The van der Waals surface area contributed by atoms with Crippen molar-refractivity contribution >= 4 is 0 Å². The zero-order valence-corrected chi connectivity index (χ0v) is 11.6. The van der Waals surface area contributed by atoms with Crippen LogP contribution in [0.4, 0.5) is 8.78 Å². The smallest absolute Gasteiger partial charge is 0.130 e. The highest BCUT2D eigenvalue weighted by atomic mass is 19.1. The summed E-state index contributed by atoms with van der Waals surface area (Å²) in [6.45, 7) is 0.747. The van der Waals surface area contributed by atoms with E-state index in [1.54, 1.807) is 0 Å². The largest absolute Gasteiger partial charge is 0.488 e. The normalized spacial score (nSPS) is 14.2. The Morgan fingerprint density at radius 2 is 1.86 bits per heavy atom. The summed E-state index contributed by atoms with van der Waals surface area (Å²) in [5, 5.41) is 3.42. The molecule has 0 aliphatic heterocycles. The van der Waals surface area contributed by atoms with Crippen LogP contribution in [0.2, 0.25) is 0 Å². The molecule has 2 aromatic rings. The lowest BCUT2D eigenvalue weighted by molar-refractivity contribution is 0.295. The van der Waals surface area contributed by atoms with Gasteiger partial charge in [0.1, 0.15) is 24.0 Å². The fourth-order valence-electron chi connectivity index (χ4n) is 2.14. The summed E-state index contributed by atoms with van der Waals surface area (Å²) in [5.74, 6) is -0.210. The van der Waals surface area contributed by atoms with Gasteiger partial charge in [-0.1, -0.05) is 18.2 Å². The van der Waals surface area contributed by atoms with Crippen molar-refractivity contribution in [2.75, 3.05) is 0 Å². The topological polar surface area (TPSA) is 21.3 Å². The van der Waals surface area contributed by atoms with Crippen LogP contribution in [-0.4, -0.2) is 6.04 Å². The molecule has 110 valence electrons. The van der Waals surface area contributed by atoms with E-state index in [1.165, 1.54) is 18.9 Å². The summed E-state index contributed by atoms with van der Waals surface area (Å²) >= 11 is 0. The molecule has 0 aromatic heterocycles. The van der Waals surface area contributed by atoms with Gasteiger partial charge in [0.25, 0.3) is 0 Å². The van der Waals surface area contributed by atoms with E-state index in [1.807, 2.05) is 24.3 Å². The quantitative estimate of drug-likeness (QED) is 0.873. The number of ether oxygens (including phenoxy) is 1. The van der Waals surface area contributed by atoms with Gasteiger partial charge in [-0.2, -0.15) is 0 Å². The highest BCUT2D eigenvalue weighted by molar-refractivity contribution is 5.33. The van der Waals surface area contributed by atoms with Gasteiger partial charge >= 0.3 is 0 Å². The summed E-state index contributed by atoms with van der Waals surface area (Å²) in [5.41, 5.74) is 1.25. The van der Waals surface area contributed by atoms with Crippen LogP contribution < -0.4 is 10.1 Å². The molecule has 21 heavy (non-hydrogen) atoms. The molecule has 4 heteroatoms. The first-order chi connectivity index (χ1) is 10.2. The fourth-order valence-corrected chi connectivity index (χ4v) is 2.14. The average Bonchev–Trinajstić information content (AvgIpc) is 3.31. The van der Waals surface area contributed by atoms with E-state index in [2.05, 4.69) is 5.32 Å². The molecule has 1 aliphatic rings. The van der Waals surface area contributed by atoms with E-state index < -0.39 is 11.6 Å². The van der Waals surface area contributed by atoms with E-state index in [-0.39, 0.29) is 12.2 Å². The summed E-state index contributed by atoms with van der Waals surface area (Å²) in [7, 11) is 0. The summed E-state index contributed by atoms with van der Waals surface area (Å²) < 4.78 is 32.4. The Kier molecular flexibility index (Phi) is 4.15. The maximum Gasteiger partial charge on any atom is 0.130 e. The van der Waals surface area contributed by atoms with Crippen molar-refractivity contribution in [1.82, 2.24) is 5.32 Å². The van der Waals surface area contributed by atoms with Crippen molar-refractivity contribution in [1.29, 1.82) is 0 Å². The first-order valence-electron chi connectivity index (χ1n) is 7.10. The third-order valence-corrected chi connectivity index (χ3v) is 3.52. The van der Waals surface area contributed by atoms with Crippen LogP contribution >= 0.6 is 0 Å². The van der Waals surface area contributed by atoms with Gasteiger partial charge in [-0.3, -0.25) is 0 Å². The predicted octanol–water partition coefficient (Wildman–Crippen LogP) is 3.80. The van der Waals surface area contributed by atoms with Gasteiger partial charge in [0.15, 0.2) is 0 Å². The highest BCUT2D eigenvalue weighted by Gasteiger charge is 2.20. The predicted molar refractivity (Wildman–Crippen MR) is 77.0 cm³/mol. The lowest BCUT2D eigenvalue weighted by Crippen LogP contribution is -2.16. The number of benzene rings is 2. The molecule has 2 nitrogen and oxygen atoms in total. The fraction of sp³-hybridized carbons (Fsp3) is 0.294. The molecule has 0 spiro atoms. The summed E-state index contributed by atoms with van der Waals surface area (Å²) in [6, 6.07) is 11.6. The summed E-state index contributed by atoms with van der Waals surface area (Å²) in [4.78, 5) is 0. The van der Waals surface area contributed by atoms with Gasteiger partial charge < -0.3 is 10.1 Å². The molecule has 0 radical (unpaired) electrons. The zero-order valence-electron chi connectivity index (χ0n) is 11.6. The van der Waals surface area contributed by atoms with Gasteiger partial charge in [-0.05, 0) is 37.1 Å². The number of halogens is 2. The van der Waals surface area contributed by atoms with Crippen molar-refractivity contribution in [2.45, 2.75) is 32.0 Å². The standard InChI is InChI=1S/C17H17F2NO/c18-14-5-8-16(19)13(9-14)11-21-17-4-2-1-3-12(17)10-20-15-6-7-15/h1-5,8-9,15,20H,6-7,10-11H2. The van der Waals surface area contributed by atoms with Gasteiger partial charge in [0.2, 0.25) is 0 Å². The third-order valence-electron chi connectivity index (χ3n) is 3.52. The Morgan fingerprint density at radius 1 is 1.05 bits per heavy atom. The second-order valence-electron chi connectivity index (χ2n) is 5.29. The molecule has 0 heterocycles. The van der Waals surface area contributed by atoms with Crippen molar-refractivity contribution in [3.63, 3.8) is 0 Å². The molecule has 1 saturated carbocycles. The second kappa shape index (κ2) is 6.22. The Labute approximate surface area is 122 Å². The highest BCUT2D eigenvalue weighted by Crippen LogP contribution is 2.23. The zero-order chi connectivity index (χ0) is 14.7.